The van der Waals surface area contributed by atoms with Gasteiger partial charge in [0.05, 0.1) is 0 Å². The van der Waals surface area contributed by atoms with Crippen molar-refractivity contribution in [3.05, 3.63) is 0 Å². The van der Waals surface area contributed by atoms with E-state index in [-0.39, 0.29) is 17.9 Å². The second kappa shape index (κ2) is 7.88. The number of rotatable bonds is 4. The monoisotopic (exact) mass is 299 g/mol. The van der Waals surface area contributed by atoms with Gasteiger partial charge in [0.1, 0.15) is 6.04 Å². The Labute approximate surface area is 125 Å². The highest BCUT2D eigenvalue weighted by Gasteiger charge is 2.32. The van der Waals surface area contributed by atoms with E-state index in [9.17, 15) is 9.59 Å². The smallest absolute Gasteiger partial charge is 0.244 e. The number of carbonyl (C=O) groups is 2. The lowest BCUT2D eigenvalue weighted by Gasteiger charge is -2.36. The first-order chi connectivity index (χ1) is 9.72. The van der Waals surface area contributed by atoms with Crippen LogP contribution in [0.25, 0.3) is 0 Å². The van der Waals surface area contributed by atoms with Crippen LogP contribution in [-0.4, -0.2) is 60.4 Å². The highest BCUT2D eigenvalue weighted by atomic mass is 32.2. The van der Waals surface area contributed by atoms with Gasteiger partial charge in [-0.1, -0.05) is 0 Å². The van der Waals surface area contributed by atoms with Crippen molar-refractivity contribution in [2.24, 2.45) is 5.92 Å². The van der Waals surface area contributed by atoms with Gasteiger partial charge in [0, 0.05) is 32.6 Å². The molecule has 5 nitrogen and oxygen atoms in total. The summed E-state index contributed by atoms with van der Waals surface area (Å²) >= 11 is 1.97. The van der Waals surface area contributed by atoms with E-state index in [1.165, 1.54) is 11.5 Å². The Kier molecular flexibility index (Phi) is 6.16. The average molecular weight is 299 g/mol. The standard InChI is InChI=1S/C14H25N3O2S/c1-2-16-14(19)12-10-15-5-6-17(12)13(18)9-11-3-7-20-8-4-11/h11-12,15H,2-10H2,1H3,(H,16,19). The number of hydrogen-bond acceptors (Lipinski definition) is 4. The van der Waals surface area contributed by atoms with Crippen LogP contribution in [0.3, 0.4) is 0 Å². The number of amides is 2. The van der Waals surface area contributed by atoms with Gasteiger partial charge in [-0.05, 0) is 37.2 Å². The molecule has 0 aliphatic carbocycles. The lowest BCUT2D eigenvalue weighted by molar-refractivity contribution is -0.142. The van der Waals surface area contributed by atoms with Crippen LogP contribution in [0.5, 0.6) is 0 Å². The summed E-state index contributed by atoms with van der Waals surface area (Å²) in [5.41, 5.74) is 0. The summed E-state index contributed by atoms with van der Waals surface area (Å²) in [6.07, 6.45) is 2.87. The van der Waals surface area contributed by atoms with Gasteiger partial charge >= 0.3 is 0 Å². The van der Waals surface area contributed by atoms with E-state index in [0.717, 1.165) is 19.4 Å². The number of hydrogen-bond donors (Lipinski definition) is 2. The molecule has 6 heteroatoms. The zero-order valence-electron chi connectivity index (χ0n) is 12.2. The van der Waals surface area contributed by atoms with Gasteiger partial charge in [0.2, 0.25) is 11.8 Å². The minimum atomic E-state index is -0.339. The van der Waals surface area contributed by atoms with Crippen LogP contribution in [0.1, 0.15) is 26.2 Å². The molecule has 0 aromatic heterocycles. The largest absolute Gasteiger partial charge is 0.355 e. The average Bonchev–Trinajstić information content (AvgIpc) is 2.48. The highest BCUT2D eigenvalue weighted by Crippen LogP contribution is 2.26. The quantitative estimate of drug-likeness (QED) is 0.791. The number of likely N-dealkylation sites (N-methyl/N-ethyl adjacent to an activating group) is 1. The van der Waals surface area contributed by atoms with Crippen molar-refractivity contribution in [3.8, 4) is 0 Å². The van der Waals surface area contributed by atoms with E-state index in [2.05, 4.69) is 10.6 Å². The van der Waals surface area contributed by atoms with Crippen molar-refractivity contribution in [1.82, 2.24) is 15.5 Å². The summed E-state index contributed by atoms with van der Waals surface area (Å²) in [5, 5.41) is 6.03. The molecule has 1 atom stereocenters. The van der Waals surface area contributed by atoms with Crippen LogP contribution < -0.4 is 10.6 Å². The van der Waals surface area contributed by atoms with Crippen LogP contribution in [0.15, 0.2) is 0 Å². The minimum absolute atomic E-state index is 0.0350. The summed E-state index contributed by atoms with van der Waals surface area (Å²) in [7, 11) is 0. The normalized spacial score (nSPS) is 24.4. The fourth-order valence-corrected chi connectivity index (χ4v) is 4.05. The summed E-state index contributed by atoms with van der Waals surface area (Å²) in [6.45, 7) is 4.50. The molecule has 2 N–H and O–H groups in total. The van der Waals surface area contributed by atoms with E-state index in [4.69, 9.17) is 0 Å². The maximum absolute atomic E-state index is 12.5. The SMILES string of the molecule is CCNC(=O)C1CNCCN1C(=O)CC1CCSCC1. The van der Waals surface area contributed by atoms with Gasteiger partial charge in [-0.2, -0.15) is 11.8 Å². The van der Waals surface area contributed by atoms with Crippen molar-refractivity contribution >= 4 is 23.6 Å². The third-order valence-electron chi connectivity index (χ3n) is 4.02. The van der Waals surface area contributed by atoms with E-state index in [1.54, 1.807) is 4.90 Å². The minimum Gasteiger partial charge on any atom is -0.355 e. The Bertz CT molecular complexity index is 345. The first-order valence-corrected chi connectivity index (χ1v) is 8.73. The lowest BCUT2D eigenvalue weighted by Crippen LogP contribution is -2.59. The molecule has 1 unspecified atom stereocenters. The van der Waals surface area contributed by atoms with Crippen molar-refractivity contribution in [1.29, 1.82) is 0 Å². The number of thioether (sulfide) groups is 1. The van der Waals surface area contributed by atoms with Crippen molar-refractivity contribution in [2.45, 2.75) is 32.2 Å². The number of piperazine rings is 1. The molecule has 2 rings (SSSR count). The summed E-state index contributed by atoms with van der Waals surface area (Å²) in [4.78, 5) is 26.3. The number of nitrogens with one attached hydrogen (secondary N) is 2. The van der Waals surface area contributed by atoms with Crippen LogP contribution in [-0.2, 0) is 9.59 Å². The fraction of sp³-hybridized carbons (Fsp3) is 0.857. The van der Waals surface area contributed by atoms with Crippen LogP contribution in [0.4, 0.5) is 0 Å². The molecule has 0 saturated carbocycles. The molecule has 20 heavy (non-hydrogen) atoms. The van der Waals surface area contributed by atoms with E-state index in [1.807, 2.05) is 18.7 Å². The molecule has 2 aliphatic rings. The Morgan fingerprint density at radius 3 is 2.80 bits per heavy atom. The van der Waals surface area contributed by atoms with Gasteiger partial charge in [0.25, 0.3) is 0 Å². The molecule has 2 saturated heterocycles. The molecule has 0 bridgehead atoms. The first-order valence-electron chi connectivity index (χ1n) is 7.58. The topological polar surface area (TPSA) is 61.4 Å². The maximum atomic E-state index is 12.5. The molecule has 2 fully saturated rings. The Balaban J connectivity index is 1.92. The summed E-state index contributed by atoms with van der Waals surface area (Å²) in [5.74, 6) is 2.96. The third-order valence-corrected chi connectivity index (χ3v) is 5.07. The van der Waals surface area contributed by atoms with Crippen molar-refractivity contribution in [2.75, 3.05) is 37.7 Å². The fourth-order valence-electron chi connectivity index (χ4n) is 2.84. The second-order valence-electron chi connectivity index (χ2n) is 5.46. The van der Waals surface area contributed by atoms with Crippen LogP contribution >= 0.6 is 11.8 Å². The molecule has 114 valence electrons. The second-order valence-corrected chi connectivity index (χ2v) is 6.69. The van der Waals surface area contributed by atoms with E-state index in [0.29, 0.717) is 32.0 Å². The van der Waals surface area contributed by atoms with Gasteiger partial charge in [-0.15, -0.1) is 0 Å². The zero-order valence-corrected chi connectivity index (χ0v) is 13.0. The van der Waals surface area contributed by atoms with Crippen LogP contribution in [0, 0.1) is 5.92 Å². The molecule has 2 heterocycles. The van der Waals surface area contributed by atoms with Crippen LogP contribution in [0.2, 0.25) is 0 Å². The Morgan fingerprint density at radius 1 is 1.35 bits per heavy atom. The molecule has 2 aliphatic heterocycles. The van der Waals surface area contributed by atoms with Crippen molar-refractivity contribution in [3.63, 3.8) is 0 Å². The van der Waals surface area contributed by atoms with Gasteiger partial charge < -0.3 is 15.5 Å². The molecular weight excluding hydrogens is 274 g/mol. The summed E-state index contributed by atoms with van der Waals surface area (Å²) in [6, 6.07) is -0.339. The Morgan fingerprint density at radius 2 is 2.10 bits per heavy atom. The predicted molar refractivity (Wildman–Crippen MR) is 81.7 cm³/mol. The Hall–Kier alpha value is -0.750. The van der Waals surface area contributed by atoms with Gasteiger partial charge in [-0.3, -0.25) is 9.59 Å². The molecule has 0 radical (unpaired) electrons. The third kappa shape index (κ3) is 4.12. The first kappa shape index (κ1) is 15.6. The lowest BCUT2D eigenvalue weighted by atomic mass is 9.97. The number of nitrogens with zero attached hydrogens (tertiary/aromatic N) is 1. The molecule has 2 amide bonds. The highest BCUT2D eigenvalue weighted by molar-refractivity contribution is 7.99. The summed E-state index contributed by atoms with van der Waals surface area (Å²) < 4.78 is 0. The van der Waals surface area contributed by atoms with Gasteiger partial charge in [0.15, 0.2) is 0 Å². The molecule has 0 aromatic rings. The molecule has 0 aromatic carbocycles. The predicted octanol–water partition coefficient (Wildman–Crippen LogP) is 0.456. The zero-order chi connectivity index (χ0) is 14.4. The van der Waals surface area contributed by atoms with Crippen molar-refractivity contribution < 1.29 is 9.59 Å². The maximum Gasteiger partial charge on any atom is 0.244 e. The molecular formula is C14H25N3O2S. The van der Waals surface area contributed by atoms with E-state index >= 15 is 0 Å². The number of carbonyl (C=O) groups excluding carboxylic acids is 2. The van der Waals surface area contributed by atoms with Gasteiger partial charge in [-0.25, -0.2) is 0 Å². The molecule has 0 spiro atoms. The van der Waals surface area contributed by atoms with E-state index < -0.39 is 0 Å².